The Morgan fingerprint density at radius 3 is 2.78 bits per heavy atom. The molecule has 0 fully saturated rings. The number of carbonyl (C=O) groups excluding carboxylic acids is 1. The number of anilines is 3. The van der Waals surface area contributed by atoms with Crippen LogP contribution in [0.5, 0.6) is 0 Å². The zero-order valence-corrected chi connectivity index (χ0v) is 15.7. The van der Waals surface area contributed by atoms with Crippen LogP contribution in [0.2, 0.25) is 0 Å². The Balaban J connectivity index is 1.73. The van der Waals surface area contributed by atoms with Gasteiger partial charge in [-0.1, -0.05) is 18.2 Å². The van der Waals surface area contributed by atoms with Crippen molar-refractivity contribution in [3.8, 4) is 0 Å². The zero-order chi connectivity index (χ0) is 19.2. The van der Waals surface area contributed by atoms with Crippen molar-refractivity contribution in [2.75, 3.05) is 17.3 Å². The second-order valence-corrected chi connectivity index (χ2v) is 6.30. The summed E-state index contributed by atoms with van der Waals surface area (Å²) in [5.41, 5.74) is 8.04. The SMILES string of the molecule is CSc1ncccc1C(=O)OCc1nc(N)nc(Nc2ccccc2C)n1. The van der Waals surface area contributed by atoms with Crippen molar-refractivity contribution >= 4 is 35.3 Å². The number of thioether (sulfide) groups is 1. The second kappa shape index (κ2) is 8.45. The number of nitrogens with one attached hydrogen (secondary N) is 1. The molecule has 3 aromatic rings. The van der Waals surface area contributed by atoms with Gasteiger partial charge >= 0.3 is 5.97 Å². The van der Waals surface area contributed by atoms with Gasteiger partial charge in [-0.05, 0) is 36.9 Å². The van der Waals surface area contributed by atoms with Crippen LogP contribution in [-0.4, -0.2) is 32.2 Å². The molecule has 0 spiro atoms. The lowest BCUT2D eigenvalue weighted by Gasteiger charge is -2.10. The van der Waals surface area contributed by atoms with Gasteiger partial charge in [0.15, 0.2) is 12.4 Å². The predicted molar refractivity (Wildman–Crippen MR) is 104 cm³/mol. The molecule has 27 heavy (non-hydrogen) atoms. The average Bonchev–Trinajstić information content (AvgIpc) is 2.67. The minimum absolute atomic E-state index is 0.0401. The summed E-state index contributed by atoms with van der Waals surface area (Å²) in [4.78, 5) is 28.8. The third-order valence-corrected chi connectivity index (χ3v) is 4.32. The average molecular weight is 382 g/mol. The molecule has 2 heterocycles. The van der Waals surface area contributed by atoms with Gasteiger partial charge in [0.2, 0.25) is 11.9 Å². The van der Waals surface area contributed by atoms with Crippen molar-refractivity contribution in [2.24, 2.45) is 0 Å². The normalized spacial score (nSPS) is 10.4. The summed E-state index contributed by atoms with van der Waals surface area (Å²) in [7, 11) is 0. The molecule has 0 amide bonds. The maximum Gasteiger partial charge on any atom is 0.341 e. The molecule has 1 aromatic carbocycles. The molecule has 0 saturated carbocycles. The first-order valence-electron chi connectivity index (χ1n) is 8.06. The van der Waals surface area contributed by atoms with Crippen molar-refractivity contribution < 1.29 is 9.53 Å². The fourth-order valence-corrected chi connectivity index (χ4v) is 2.85. The largest absolute Gasteiger partial charge is 0.454 e. The maximum absolute atomic E-state index is 12.3. The quantitative estimate of drug-likeness (QED) is 0.490. The number of nitrogens with two attached hydrogens (primary N) is 1. The minimum atomic E-state index is -0.500. The van der Waals surface area contributed by atoms with E-state index in [2.05, 4.69) is 25.3 Å². The van der Waals surface area contributed by atoms with Gasteiger partial charge in [0.05, 0.1) is 5.56 Å². The molecule has 0 atom stereocenters. The lowest BCUT2D eigenvalue weighted by molar-refractivity contribution is 0.0457. The Morgan fingerprint density at radius 2 is 2.00 bits per heavy atom. The van der Waals surface area contributed by atoms with Gasteiger partial charge in [-0.25, -0.2) is 9.78 Å². The van der Waals surface area contributed by atoms with Crippen LogP contribution in [-0.2, 0) is 11.3 Å². The monoisotopic (exact) mass is 382 g/mol. The molecule has 9 heteroatoms. The molecule has 8 nitrogen and oxygen atoms in total. The molecule has 0 bridgehead atoms. The third kappa shape index (κ3) is 4.70. The number of benzene rings is 1. The van der Waals surface area contributed by atoms with Gasteiger partial charge in [-0.3, -0.25) is 0 Å². The lowest BCUT2D eigenvalue weighted by Crippen LogP contribution is -2.12. The van der Waals surface area contributed by atoms with E-state index in [0.717, 1.165) is 11.3 Å². The number of carbonyl (C=O) groups is 1. The summed E-state index contributed by atoms with van der Waals surface area (Å²) in [6.45, 7) is 1.84. The molecule has 138 valence electrons. The maximum atomic E-state index is 12.3. The Morgan fingerprint density at radius 1 is 1.19 bits per heavy atom. The van der Waals surface area contributed by atoms with E-state index in [0.29, 0.717) is 10.6 Å². The molecule has 0 radical (unpaired) electrons. The number of hydrogen-bond acceptors (Lipinski definition) is 9. The first-order chi connectivity index (χ1) is 13.1. The highest BCUT2D eigenvalue weighted by Gasteiger charge is 2.14. The summed E-state index contributed by atoms with van der Waals surface area (Å²) in [6.07, 6.45) is 3.47. The van der Waals surface area contributed by atoms with E-state index in [1.54, 1.807) is 18.3 Å². The van der Waals surface area contributed by atoms with Crippen LogP contribution in [0.3, 0.4) is 0 Å². The number of aromatic nitrogens is 4. The van der Waals surface area contributed by atoms with Gasteiger partial charge in [0, 0.05) is 11.9 Å². The lowest BCUT2D eigenvalue weighted by atomic mass is 10.2. The number of para-hydroxylation sites is 1. The van der Waals surface area contributed by atoms with Crippen LogP contribution < -0.4 is 11.1 Å². The number of esters is 1. The number of pyridine rings is 1. The van der Waals surface area contributed by atoms with Crippen LogP contribution in [0.25, 0.3) is 0 Å². The minimum Gasteiger partial charge on any atom is -0.454 e. The number of nitrogen functional groups attached to an aromatic ring is 1. The summed E-state index contributed by atoms with van der Waals surface area (Å²) in [5.74, 6) is 0.0775. The highest BCUT2D eigenvalue weighted by atomic mass is 32.2. The van der Waals surface area contributed by atoms with Crippen LogP contribution in [0.4, 0.5) is 17.6 Å². The van der Waals surface area contributed by atoms with Crippen LogP contribution in [0.15, 0.2) is 47.6 Å². The first-order valence-corrected chi connectivity index (χ1v) is 9.28. The molecule has 3 rings (SSSR count). The zero-order valence-electron chi connectivity index (χ0n) is 14.8. The second-order valence-electron chi connectivity index (χ2n) is 5.51. The van der Waals surface area contributed by atoms with Crippen molar-refractivity contribution in [1.82, 2.24) is 19.9 Å². The number of aryl methyl sites for hydroxylation is 1. The molecule has 0 aliphatic rings. The van der Waals surface area contributed by atoms with E-state index in [1.165, 1.54) is 11.8 Å². The Kier molecular flexibility index (Phi) is 5.82. The molecular formula is C18H18N6O2S. The molecule has 2 aromatic heterocycles. The van der Waals surface area contributed by atoms with Gasteiger partial charge in [0.1, 0.15) is 5.03 Å². The van der Waals surface area contributed by atoms with Crippen molar-refractivity contribution in [1.29, 1.82) is 0 Å². The topological polar surface area (TPSA) is 116 Å². The van der Waals surface area contributed by atoms with Crippen LogP contribution in [0.1, 0.15) is 21.7 Å². The highest BCUT2D eigenvalue weighted by Crippen LogP contribution is 2.19. The van der Waals surface area contributed by atoms with Gasteiger partial charge in [-0.15, -0.1) is 11.8 Å². The smallest absolute Gasteiger partial charge is 0.341 e. The standard InChI is InChI=1S/C18H18N6O2S/c1-11-6-3-4-8-13(11)21-18-23-14(22-17(19)24-18)10-26-16(25)12-7-5-9-20-15(12)27-2/h3-9H,10H2,1-2H3,(H3,19,21,22,23,24). The molecule has 0 aliphatic heterocycles. The molecule has 0 unspecified atom stereocenters. The molecular weight excluding hydrogens is 364 g/mol. The Hall–Kier alpha value is -3.20. The number of nitrogens with zero attached hydrogens (tertiary/aromatic N) is 4. The number of rotatable bonds is 6. The van der Waals surface area contributed by atoms with Gasteiger partial charge < -0.3 is 15.8 Å². The number of ether oxygens (including phenoxy) is 1. The van der Waals surface area contributed by atoms with E-state index in [9.17, 15) is 4.79 Å². The van der Waals surface area contributed by atoms with E-state index < -0.39 is 5.97 Å². The van der Waals surface area contributed by atoms with Crippen molar-refractivity contribution in [3.05, 3.63) is 59.5 Å². The predicted octanol–water partition coefficient (Wildman–Crippen LogP) is 2.98. The van der Waals surface area contributed by atoms with E-state index in [1.807, 2.05) is 37.4 Å². The Labute approximate surface area is 160 Å². The Bertz CT molecular complexity index is 966. The number of hydrogen-bond donors (Lipinski definition) is 2. The summed E-state index contributed by atoms with van der Waals surface area (Å²) in [5, 5.41) is 3.69. The fraction of sp³-hybridized carbons (Fsp3) is 0.167. The van der Waals surface area contributed by atoms with Crippen LogP contribution in [0, 0.1) is 6.92 Å². The van der Waals surface area contributed by atoms with Gasteiger partial charge in [0.25, 0.3) is 0 Å². The van der Waals surface area contributed by atoms with Gasteiger partial charge in [-0.2, -0.15) is 15.0 Å². The molecule has 3 N–H and O–H groups in total. The summed E-state index contributed by atoms with van der Waals surface area (Å²) < 4.78 is 5.31. The van der Waals surface area contributed by atoms with Crippen molar-refractivity contribution in [3.63, 3.8) is 0 Å². The fourth-order valence-electron chi connectivity index (χ4n) is 2.31. The summed E-state index contributed by atoms with van der Waals surface area (Å²) in [6, 6.07) is 11.1. The van der Waals surface area contributed by atoms with Crippen LogP contribution >= 0.6 is 11.8 Å². The highest BCUT2D eigenvalue weighted by molar-refractivity contribution is 7.98. The first kappa shape index (κ1) is 18.6. The van der Waals surface area contributed by atoms with Crippen molar-refractivity contribution in [2.45, 2.75) is 18.6 Å². The van der Waals surface area contributed by atoms with E-state index >= 15 is 0 Å². The summed E-state index contributed by atoms with van der Waals surface area (Å²) >= 11 is 1.37. The molecule has 0 saturated heterocycles. The molecule has 0 aliphatic carbocycles. The van der Waals surface area contributed by atoms with E-state index in [-0.39, 0.29) is 24.3 Å². The third-order valence-electron chi connectivity index (χ3n) is 3.61. The van der Waals surface area contributed by atoms with E-state index in [4.69, 9.17) is 10.5 Å².